The first-order valence-corrected chi connectivity index (χ1v) is 6.55. The second-order valence-electron chi connectivity index (χ2n) is 4.57. The topological polar surface area (TPSA) is 90.2 Å². The standard InChI is InChI=1S/C15H18N2O3/c1-2-4-13(15(19)20)10-17-14(18)12-6-3-5-11(9-12)7-8-16/h3,5-6,9,13H,2,4,7,10H2,1H3,(H,17,18)(H,19,20). The summed E-state index contributed by atoms with van der Waals surface area (Å²) < 4.78 is 0. The molecule has 0 saturated heterocycles. The van der Waals surface area contributed by atoms with Crippen molar-refractivity contribution in [1.29, 1.82) is 5.26 Å². The van der Waals surface area contributed by atoms with Crippen LogP contribution in [0.15, 0.2) is 24.3 Å². The lowest BCUT2D eigenvalue weighted by Crippen LogP contribution is -2.32. The van der Waals surface area contributed by atoms with Gasteiger partial charge in [0.15, 0.2) is 0 Å². The van der Waals surface area contributed by atoms with Gasteiger partial charge in [-0.25, -0.2) is 0 Å². The predicted molar refractivity (Wildman–Crippen MR) is 74.1 cm³/mol. The molecule has 0 aromatic heterocycles. The van der Waals surface area contributed by atoms with Crippen LogP contribution < -0.4 is 5.32 Å². The Labute approximate surface area is 118 Å². The summed E-state index contributed by atoms with van der Waals surface area (Å²) in [5.74, 6) is -1.77. The number of rotatable bonds is 7. The van der Waals surface area contributed by atoms with E-state index in [1.807, 2.05) is 13.0 Å². The molecule has 1 unspecified atom stereocenters. The largest absolute Gasteiger partial charge is 0.481 e. The van der Waals surface area contributed by atoms with E-state index in [1.54, 1.807) is 24.3 Å². The van der Waals surface area contributed by atoms with Crippen LogP contribution in [0.4, 0.5) is 0 Å². The summed E-state index contributed by atoms with van der Waals surface area (Å²) in [6.45, 7) is 2.02. The van der Waals surface area contributed by atoms with Gasteiger partial charge in [-0.15, -0.1) is 0 Å². The first-order valence-electron chi connectivity index (χ1n) is 6.55. The highest BCUT2D eigenvalue weighted by atomic mass is 16.4. The third kappa shape index (κ3) is 4.73. The van der Waals surface area contributed by atoms with E-state index in [1.165, 1.54) is 0 Å². The van der Waals surface area contributed by atoms with E-state index in [0.29, 0.717) is 12.0 Å². The van der Waals surface area contributed by atoms with Crippen LogP contribution >= 0.6 is 0 Å². The maximum absolute atomic E-state index is 11.9. The Kier molecular flexibility index (Phi) is 6.24. The zero-order valence-corrected chi connectivity index (χ0v) is 11.4. The highest BCUT2D eigenvalue weighted by molar-refractivity contribution is 5.94. The second-order valence-corrected chi connectivity index (χ2v) is 4.57. The molecular formula is C15H18N2O3. The highest BCUT2D eigenvalue weighted by Gasteiger charge is 2.17. The summed E-state index contributed by atoms with van der Waals surface area (Å²) >= 11 is 0. The fraction of sp³-hybridized carbons (Fsp3) is 0.400. The number of carbonyl (C=O) groups excluding carboxylic acids is 1. The van der Waals surface area contributed by atoms with Crippen LogP contribution in [0.1, 0.15) is 35.7 Å². The number of carboxylic acids is 1. The highest BCUT2D eigenvalue weighted by Crippen LogP contribution is 2.08. The molecular weight excluding hydrogens is 256 g/mol. The van der Waals surface area contributed by atoms with Gasteiger partial charge < -0.3 is 10.4 Å². The Morgan fingerprint density at radius 1 is 1.45 bits per heavy atom. The van der Waals surface area contributed by atoms with Gasteiger partial charge in [-0.3, -0.25) is 9.59 Å². The fourth-order valence-electron chi connectivity index (χ4n) is 1.89. The van der Waals surface area contributed by atoms with Gasteiger partial charge in [-0.1, -0.05) is 25.5 Å². The molecule has 1 aromatic rings. The smallest absolute Gasteiger partial charge is 0.308 e. The molecule has 0 radical (unpaired) electrons. The zero-order chi connectivity index (χ0) is 15.0. The van der Waals surface area contributed by atoms with Gasteiger partial charge in [-0.05, 0) is 24.1 Å². The fourth-order valence-corrected chi connectivity index (χ4v) is 1.89. The minimum absolute atomic E-state index is 0.116. The average Bonchev–Trinajstić information content (AvgIpc) is 2.43. The molecule has 106 valence electrons. The Balaban J connectivity index is 2.64. The lowest BCUT2D eigenvalue weighted by atomic mass is 10.0. The van der Waals surface area contributed by atoms with Crippen LogP contribution in [0.2, 0.25) is 0 Å². The van der Waals surface area contributed by atoms with Crippen LogP contribution in [0.5, 0.6) is 0 Å². The predicted octanol–water partition coefficient (Wildman–Crippen LogP) is 1.98. The monoisotopic (exact) mass is 274 g/mol. The quantitative estimate of drug-likeness (QED) is 0.795. The van der Waals surface area contributed by atoms with E-state index in [9.17, 15) is 9.59 Å². The maximum atomic E-state index is 11.9. The van der Waals surface area contributed by atoms with Crippen LogP contribution in [-0.4, -0.2) is 23.5 Å². The molecule has 0 heterocycles. The molecule has 0 aliphatic carbocycles. The third-order valence-electron chi connectivity index (χ3n) is 2.97. The number of aliphatic carboxylic acids is 1. The third-order valence-corrected chi connectivity index (χ3v) is 2.97. The Morgan fingerprint density at radius 2 is 2.20 bits per heavy atom. The summed E-state index contributed by atoms with van der Waals surface area (Å²) in [6.07, 6.45) is 1.53. The number of carbonyl (C=O) groups is 2. The van der Waals surface area contributed by atoms with Crippen LogP contribution in [0.3, 0.4) is 0 Å². The van der Waals surface area contributed by atoms with E-state index in [2.05, 4.69) is 5.32 Å². The summed E-state index contributed by atoms with van der Waals surface area (Å²) in [5.41, 5.74) is 1.21. The number of nitriles is 1. The SMILES string of the molecule is CCCC(CNC(=O)c1cccc(CC#N)c1)C(=O)O. The molecule has 0 spiro atoms. The van der Waals surface area contributed by atoms with Crippen molar-refractivity contribution in [2.45, 2.75) is 26.2 Å². The summed E-state index contributed by atoms with van der Waals surface area (Å²) in [7, 11) is 0. The molecule has 1 rings (SSSR count). The Bertz CT molecular complexity index is 520. The van der Waals surface area contributed by atoms with E-state index >= 15 is 0 Å². The molecule has 5 nitrogen and oxygen atoms in total. The van der Waals surface area contributed by atoms with Crippen molar-refractivity contribution in [2.24, 2.45) is 5.92 Å². The summed E-state index contributed by atoms with van der Waals surface area (Å²) in [5, 5.41) is 20.3. The van der Waals surface area contributed by atoms with Gasteiger partial charge in [0.1, 0.15) is 0 Å². The van der Waals surface area contributed by atoms with Crippen LogP contribution in [0, 0.1) is 17.2 Å². The minimum atomic E-state index is -0.898. The van der Waals surface area contributed by atoms with Crippen molar-refractivity contribution < 1.29 is 14.7 Å². The van der Waals surface area contributed by atoms with Gasteiger partial charge in [0.05, 0.1) is 18.4 Å². The van der Waals surface area contributed by atoms with Crippen molar-refractivity contribution in [3.63, 3.8) is 0 Å². The van der Waals surface area contributed by atoms with E-state index in [4.69, 9.17) is 10.4 Å². The first kappa shape index (κ1) is 15.7. The van der Waals surface area contributed by atoms with E-state index < -0.39 is 11.9 Å². The van der Waals surface area contributed by atoms with Gasteiger partial charge in [0.2, 0.25) is 0 Å². The molecule has 0 aliphatic rings. The molecule has 5 heteroatoms. The van der Waals surface area contributed by atoms with E-state index in [-0.39, 0.29) is 18.9 Å². The van der Waals surface area contributed by atoms with Crippen molar-refractivity contribution in [3.05, 3.63) is 35.4 Å². The molecule has 0 aliphatic heterocycles. The second kappa shape index (κ2) is 7.95. The molecule has 0 fully saturated rings. The minimum Gasteiger partial charge on any atom is -0.481 e. The molecule has 0 saturated carbocycles. The molecule has 2 N–H and O–H groups in total. The number of nitrogens with zero attached hydrogens (tertiary/aromatic N) is 1. The summed E-state index contributed by atoms with van der Waals surface area (Å²) in [6, 6.07) is 8.80. The average molecular weight is 274 g/mol. The van der Waals surface area contributed by atoms with Gasteiger partial charge in [-0.2, -0.15) is 5.26 Å². The number of nitrogens with one attached hydrogen (secondary N) is 1. The van der Waals surface area contributed by atoms with Gasteiger partial charge in [0, 0.05) is 12.1 Å². The van der Waals surface area contributed by atoms with Gasteiger partial charge >= 0.3 is 5.97 Å². The number of carboxylic acid groups (broad SMARTS) is 1. The number of benzene rings is 1. The zero-order valence-electron chi connectivity index (χ0n) is 11.4. The van der Waals surface area contributed by atoms with Crippen molar-refractivity contribution >= 4 is 11.9 Å². The van der Waals surface area contributed by atoms with Crippen molar-refractivity contribution in [1.82, 2.24) is 5.32 Å². The molecule has 1 aromatic carbocycles. The molecule has 20 heavy (non-hydrogen) atoms. The van der Waals surface area contributed by atoms with Crippen molar-refractivity contribution in [3.8, 4) is 6.07 Å². The summed E-state index contributed by atoms with van der Waals surface area (Å²) in [4.78, 5) is 22.9. The lowest BCUT2D eigenvalue weighted by molar-refractivity contribution is -0.141. The van der Waals surface area contributed by atoms with Crippen LogP contribution in [0.25, 0.3) is 0 Å². The normalized spacial score (nSPS) is 11.4. The first-order chi connectivity index (χ1) is 9.58. The van der Waals surface area contributed by atoms with E-state index in [0.717, 1.165) is 12.0 Å². The number of hydrogen-bond donors (Lipinski definition) is 2. The van der Waals surface area contributed by atoms with Crippen molar-refractivity contribution in [2.75, 3.05) is 6.54 Å². The lowest BCUT2D eigenvalue weighted by Gasteiger charge is -2.12. The molecule has 0 bridgehead atoms. The van der Waals surface area contributed by atoms with Gasteiger partial charge in [0.25, 0.3) is 5.91 Å². The number of hydrogen-bond acceptors (Lipinski definition) is 3. The number of amides is 1. The molecule has 1 atom stereocenters. The van der Waals surface area contributed by atoms with Crippen LogP contribution in [-0.2, 0) is 11.2 Å². The Morgan fingerprint density at radius 3 is 2.80 bits per heavy atom. The molecule has 1 amide bonds. The Hall–Kier alpha value is -2.35. The maximum Gasteiger partial charge on any atom is 0.308 e.